The molecule has 0 aliphatic carbocycles. The molecule has 0 saturated carbocycles. The first-order valence-corrected chi connectivity index (χ1v) is 6.84. The summed E-state index contributed by atoms with van der Waals surface area (Å²) < 4.78 is 0. The van der Waals surface area contributed by atoms with Crippen LogP contribution in [0.1, 0.15) is 6.42 Å². The van der Waals surface area contributed by atoms with Gasteiger partial charge in [-0.1, -0.05) is 0 Å². The number of nitrogens with zero attached hydrogens (tertiary/aromatic N) is 3. The van der Waals surface area contributed by atoms with Crippen LogP contribution in [0.2, 0.25) is 0 Å². The summed E-state index contributed by atoms with van der Waals surface area (Å²) in [5.74, 6) is -0.734. The van der Waals surface area contributed by atoms with E-state index in [4.69, 9.17) is 5.11 Å². The molecule has 2 amide bonds. The van der Waals surface area contributed by atoms with Gasteiger partial charge in [0, 0.05) is 58.9 Å². The summed E-state index contributed by atoms with van der Waals surface area (Å²) in [4.78, 5) is 28.3. The van der Waals surface area contributed by atoms with E-state index in [1.807, 2.05) is 4.90 Å². The van der Waals surface area contributed by atoms with Gasteiger partial charge in [0.25, 0.3) is 0 Å². The molecule has 0 aromatic heterocycles. The summed E-state index contributed by atoms with van der Waals surface area (Å²) in [5.41, 5.74) is 0. The van der Waals surface area contributed by atoms with Gasteiger partial charge in [0.2, 0.25) is 0 Å². The number of carbonyl (C=O) groups is 2. The van der Waals surface area contributed by atoms with Crippen molar-refractivity contribution >= 4 is 24.4 Å². The molecule has 0 radical (unpaired) electrons. The summed E-state index contributed by atoms with van der Waals surface area (Å²) in [6, 6.07) is 0.0418. The SMILES string of the molecule is Cl.O=C(O)CCN1CCN(CCN2CCNC2=O)CC1. The molecule has 2 fully saturated rings. The van der Waals surface area contributed by atoms with Gasteiger partial charge in [-0.2, -0.15) is 0 Å². The number of halogens is 1. The smallest absolute Gasteiger partial charge is 0.317 e. The first-order chi connectivity index (χ1) is 9.15. The van der Waals surface area contributed by atoms with E-state index in [9.17, 15) is 9.59 Å². The zero-order valence-corrected chi connectivity index (χ0v) is 12.4. The third-order valence-corrected chi connectivity index (χ3v) is 3.74. The van der Waals surface area contributed by atoms with Crippen LogP contribution in [0.25, 0.3) is 0 Å². The molecule has 2 aliphatic rings. The van der Waals surface area contributed by atoms with E-state index in [0.29, 0.717) is 6.54 Å². The van der Waals surface area contributed by atoms with E-state index < -0.39 is 5.97 Å². The molecule has 0 aromatic rings. The second-order valence-electron chi connectivity index (χ2n) is 5.05. The van der Waals surface area contributed by atoms with E-state index in [1.165, 1.54) is 0 Å². The highest BCUT2D eigenvalue weighted by atomic mass is 35.5. The molecule has 0 aromatic carbocycles. The van der Waals surface area contributed by atoms with Crippen molar-refractivity contribution in [2.45, 2.75) is 6.42 Å². The molecule has 0 bridgehead atoms. The molecule has 0 unspecified atom stereocenters. The summed E-state index contributed by atoms with van der Waals surface area (Å²) in [7, 11) is 0. The first kappa shape index (κ1) is 17.0. The minimum absolute atomic E-state index is 0. The van der Waals surface area contributed by atoms with Crippen molar-refractivity contribution in [1.82, 2.24) is 20.0 Å². The van der Waals surface area contributed by atoms with Crippen LogP contribution in [0, 0.1) is 0 Å². The molecular weight excluding hydrogens is 284 g/mol. The zero-order chi connectivity index (χ0) is 13.7. The highest BCUT2D eigenvalue weighted by Crippen LogP contribution is 2.04. The van der Waals surface area contributed by atoms with Crippen molar-refractivity contribution in [2.24, 2.45) is 0 Å². The van der Waals surface area contributed by atoms with Crippen LogP contribution in [-0.2, 0) is 4.79 Å². The van der Waals surface area contributed by atoms with Crippen molar-refractivity contribution in [1.29, 1.82) is 0 Å². The van der Waals surface area contributed by atoms with E-state index in [2.05, 4.69) is 15.1 Å². The summed E-state index contributed by atoms with van der Waals surface area (Å²) in [5, 5.41) is 11.4. The molecule has 0 atom stereocenters. The van der Waals surface area contributed by atoms with Gasteiger partial charge >= 0.3 is 12.0 Å². The Kier molecular flexibility index (Phi) is 7.04. The predicted molar refractivity (Wildman–Crippen MR) is 77.4 cm³/mol. The fourth-order valence-corrected chi connectivity index (χ4v) is 2.48. The van der Waals surface area contributed by atoms with Crippen molar-refractivity contribution in [3.63, 3.8) is 0 Å². The summed E-state index contributed by atoms with van der Waals surface area (Å²) in [6.45, 7) is 7.61. The van der Waals surface area contributed by atoms with E-state index in [0.717, 1.165) is 52.4 Å². The topological polar surface area (TPSA) is 76.1 Å². The van der Waals surface area contributed by atoms with Gasteiger partial charge < -0.3 is 20.2 Å². The van der Waals surface area contributed by atoms with Gasteiger partial charge in [-0.25, -0.2) is 4.79 Å². The van der Waals surface area contributed by atoms with Gasteiger partial charge in [0.15, 0.2) is 0 Å². The number of carboxylic acid groups (broad SMARTS) is 1. The molecule has 116 valence electrons. The molecule has 2 N–H and O–H groups in total. The number of carbonyl (C=O) groups excluding carboxylic acids is 1. The maximum absolute atomic E-state index is 11.4. The van der Waals surface area contributed by atoms with Gasteiger partial charge in [-0.3, -0.25) is 9.69 Å². The van der Waals surface area contributed by atoms with Gasteiger partial charge in [0.05, 0.1) is 6.42 Å². The molecule has 0 spiro atoms. The average Bonchev–Trinajstić information content (AvgIpc) is 2.81. The Bertz CT molecular complexity index is 335. The van der Waals surface area contributed by atoms with E-state index in [1.54, 1.807) is 0 Å². The fourth-order valence-electron chi connectivity index (χ4n) is 2.48. The largest absolute Gasteiger partial charge is 0.481 e. The highest BCUT2D eigenvalue weighted by Gasteiger charge is 2.21. The number of amides is 2. The third kappa shape index (κ3) is 5.15. The number of nitrogens with one attached hydrogen (secondary N) is 1. The van der Waals surface area contributed by atoms with Crippen LogP contribution in [0.5, 0.6) is 0 Å². The van der Waals surface area contributed by atoms with Gasteiger partial charge in [-0.15, -0.1) is 12.4 Å². The van der Waals surface area contributed by atoms with E-state index in [-0.39, 0.29) is 24.9 Å². The van der Waals surface area contributed by atoms with Gasteiger partial charge in [0.1, 0.15) is 0 Å². The summed E-state index contributed by atoms with van der Waals surface area (Å²) >= 11 is 0. The third-order valence-electron chi connectivity index (χ3n) is 3.74. The Morgan fingerprint density at radius 3 is 2.15 bits per heavy atom. The van der Waals surface area contributed by atoms with Crippen molar-refractivity contribution < 1.29 is 14.7 Å². The minimum Gasteiger partial charge on any atom is -0.481 e. The first-order valence-electron chi connectivity index (χ1n) is 6.84. The van der Waals surface area contributed by atoms with Crippen LogP contribution in [-0.4, -0.2) is 90.7 Å². The number of urea groups is 1. The molecule has 2 rings (SSSR count). The van der Waals surface area contributed by atoms with Crippen molar-refractivity contribution in [3.8, 4) is 0 Å². The molecule has 20 heavy (non-hydrogen) atoms. The molecular formula is C12H23ClN4O3. The van der Waals surface area contributed by atoms with Crippen molar-refractivity contribution in [2.75, 3.05) is 58.9 Å². The Morgan fingerprint density at radius 1 is 1.05 bits per heavy atom. The minimum atomic E-state index is -0.734. The maximum atomic E-state index is 11.4. The predicted octanol–water partition coefficient (Wildman–Crippen LogP) is -0.474. The molecule has 2 aliphatic heterocycles. The van der Waals surface area contributed by atoms with Crippen LogP contribution in [0.15, 0.2) is 0 Å². The lowest BCUT2D eigenvalue weighted by molar-refractivity contribution is -0.137. The highest BCUT2D eigenvalue weighted by molar-refractivity contribution is 5.85. The quantitative estimate of drug-likeness (QED) is 0.693. The molecule has 2 saturated heterocycles. The maximum Gasteiger partial charge on any atom is 0.317 e. The normalized spacial score (nSPS) is 20.6. The lowest BCUT2D eigenvalue weighted by Gasteiger charge is -2.35. The number of piperazine rings is 1. The number of rotatable bonds is 6. The standard InChI is InChI=1S/C12H22N4O3.ClH/c17-11(18)1-3-14-5-7-15(8-6-14)9-10-16-4-2-13-12(16)19;/h1-10H2,(H,13,19)(H,17,18);1H. The number of aliphatic carboxylic acids is 1. The second kappa shape index (κ2) is 8.28. The Balaban J connectivity index is 0.00000200. The van der Waals surface area contributed by atoms with Crippen LogP contribution < -0.4 is 5.32 Å². The van der Waals surface area contributed by atoms with Crippen LogP contribution in [0.3, 0.4) is 0 Å². The number of hydrogen-bond acceptors (Lipinski definition) is 4. The monoisotopic (exact) mass is 306 g/mol. The Labute approximate surface area is 125 Å². The Morgan fingerprint density at radius 2 is 1.65 bits per heavy atom. The number of carboxylic acids is 1. The zero-order valence-electron chi connectivity index (χ0n) is 11.6. The van der Waals surface area contributed by atoms with Crippen LogP contribution >= 0.6 is 12.4 Å². The lowest BCUT2D eigenvalue weighted by atomic mass is 10.3. The number of hydrogen-bond donors (Lipinski definition) is 2. The molecule has 2 heterocycles. The fraction of sp³-hybridized carbons (Fsp3) is 0.833. The molecule has 7 nitrogen and oxygen atoms in total. The van der Waals surface area contributed by atoms with Crippen LogP contribution in [0.4, 0.5) is 4.79 Å². The Hall–Kier alpha value is -1.05. The summed E-state index contributed by atoms with van der Waals surface area (Å²) in [6.07, 6.45) is 0.216. The average molecular weight is 307 g/mol. The second-order valence-corrected chi connectivity index (χ2v) is 5.05. The lowest BCUT2D eigenvalue weighted by Crippen LogP contribution is -2.49. The van der Waals surface area contributed by atoms with Crippen molar-refractivity contribution in [3.05, 3.63) is 0 Å². The van der Waals surface area contributed by atoms with Gasteiger partial charge in [-0.05, 0) is 0 Å². The molecule has 8 heteroatoms. The van der Waals surface area contributed by atoms with E-state index >= 15 is 0 Å².